The van der Waals surface area contributed by atoms with Crippen molar-refractivity contribution in [1.82, 2.24) is 14.9 Å². The molecule has 0 saturated carbocycles. The van der Waals surface area contributed by atoms with Crippen molar-refractivity contribution in [3.8, 4) is 11.5 Å². The van der Waals surface area contributed by atoms with E-state index in [9.17, 15) is 9.59 Å². The van der Waals surface area contributed by atoms with E-state index in [1.54, 1.807) is 43.2 Å². The maximum atomic E-state index is 12.8. The Bertz CT molecular complexity index is 910. The number of carbonyl (C=O) groups excluding carboxylic acids is 2. The summed E-state index contributed by atoms with van der Waals surface area (Å²) in [6.45, 7) is 5.83. The number of nitrogens with one attached hydrogen (secondary N) is 1. The van der Waals surface area contributed by atoms with E-state index in [0.29, 0.717) is 55.0 Å². The van der Waals surface area contributed by atoms with Crippen LogP contribution >= 0.6 is 0 Å². The van der Waals surface area contributed by atoms with E-state index in [1.165, 1.54) is 7.11 Å². The van der Waals surface area contributed by atoms with Gasteiger partial charge in [-0.05, 0) is 25.1 Å². The number of anilines is 2. The van der Waals surface area contributed by atoms with Crippen molar-refractivity contribution in [2.75, 3.05) is 50.6 Å². The molecule has 1 aromatic carbocycles. The summed E-state index contributed by atoms with van der Waals surface area (Å²) in [5.41, 5.74) is 1.43. The van der Waals surface area contributed by atoms with Gasteiger partial charge < -0.3 is 24.6 Å². The van der Waals surface area contributed by atoms with Crippen molar-refractivity contribution in [2.45, 2.75) is 13.8 Å². The van der Waals surface area contributed by atoms with Gasteiger partial charge in [0.15, 0.2) is 0 Å². The number of benzene rings is 1. The Morgan fingerprint density at radius 1 is 1.03 bits per heavy atom. The van der Waals surface area contributed by atoms with Crippen molar-refractivity contribution < 1.29 is 19.1 Å². The third-order valence-electron chi connectivity index (χ3n) is 4.74. The number of rotatable bonds is 5. The Morgan fingerprint density at radius 2 is 1.76 bits per heavy atom. The van der Waals surface area contributed by atoms with Gasteiger partial charge in [0.25, 0.3) is 5.91 Å². The third-order valence-corrected chi connectivity index (χ3v) is 4.74. The maximum Gasteiger partial charge on any atom is 0.274 e. The van der Waals surface area contributed by atoms with Crippen LogP contribution in [0.15, 0.2) is 24.3 Å². The Hall–Kier alpha value is -3.36. The van der Waals surface area contributed by atoms with Crippen LogP contribution in [0.3, 0.4) is 0 Å². The lowest BCUT2D eigenvalue weighted by Crippen LogP contribution is -2.48. The minimum Gasteiger partial charge on any atom is -0.497 e. The molecule has 154 valence electrons. The maximum absolute atomic E-state index is 12.8. The molecule has 0 radical (unpaired) electrons. The quantitative estimate of drug-likeness (QED) is 0.818. The molecule has 1 aliphatic rings. The van der Waals surface area contributed by atoms with E-state index in [1.807, 2.05) is 11.8 Å². The largest absolute Gasteiger partial charge is 0.497 e. The highest BCUT2D eigenvalue weighted by Crippen LogP contribution is 2.29. The Morgan fingerprint density at radius 3 is 2.38 bits per heavy atom. The molecule has 0 bridgehead atoms. The number of hydrogen-bond donors (Lipinski definition) is 1. The third kappa shape index (κ3) is 4.74. The van der Waals surface area contributed by atoms with Gasteiger partial charge in [0.05, 0.1) is 19.9 Å². The van der Waals surface area contributed by atoms with Crippen molar-refractivity contribution in [2.24, 2.45) is 0 Å². The van der Waals surface area contributed by atoms with E-state index >= 15 is 0 Å². The molecule has 1 aliphatic heterocycles. The highest BCUT2D eigenvalue weighted by atomic mass is 16.5. The fourth-order valence-corrected chi connectivity index (χ4v) is 3.13. The van der Waals surface area contributed by atoms with Crippen molar-refractivity contribution in [3.05, 3.63) is 35.7 Å². The Kier molecular flexibility index (Phi) is 6.16. The van der Waals surface area contributed by atoms with Gasteiger partial charge in [-0.3, -0.25) is 9.59 Å². The van der Waals surface area contributed by atoms with Crippen LogP contribution in [0.5, 0.6) is 11.5 Å². The highest BCUT2D eigenvalue weighted by Gasteiger charge is 2.22. The highest BCUT2D eigenvalue weighted by molar-refractivity contribution is 6.04. The van der Waals surface area contributed by atoms with Gasteiger partial charge in [-0.1, -0.05) is 0 Å². The first-order valence-corrected chi connectivity index (χ1v) is 9.30. The lowest BCUT2D eigenvalue weighted by molar-refractivity contribution is -0.129. The summed E-state index contributed by atoms with van der Waals surface area (Å²) in [4.78, 5) is 37.0. The molecule has 0 aliphatic carbocycles. The molecule has 1 fully saturated rings. The van der Waals surface area contributed by atoms with Crippen LogP contribution in [0.25, 0.3) is 0 Å². The summed E-state index contributed by atoms with van der Waals surface area (Å²) in [5.74, 6) is 1.29. The molecule has 9 heteroatoms. The molecule has 2 aromatic rings. The minimum absolute atomic E-state index is 0.0575. The van der Waals surface area contributed by atoms with Crippen LogP contribution in [-0.2, 0) is 4.79 Å². The van der Waals surface area contributed by atoms with Gasteiger partial charge in [-0.15, -0.1) is 0 Å². The molecule has 0 spiro atoms. The van der Waals surface area contributed by atoms with E-state index < -0.39 is 0 Å². The predicted octanol–water partition coefficient (Wildman–Crippen LogP) is 1.72. The number of aromatic nitrogens is 2. The molecule has 3 rings (SSSR count). The molecular weight excluding hydrogens is 374 g/mol. The molecular formula is C20H25N5O4. The molecule has 2 heterocycles. The van der Waals surface area contributed by atoms with Gasteiger partial charge >= 0.3 is 0 Å². The van der Waals surface area contributed by atoms with Crippen molar-refractivity contribution in [3.63, 3.8) is 0 Å². The lowest BCUT2D eigenvalue weighted by atomic mass is 10.2. The van der Waals surface area contributed by atoms with E-state index in [2.05, 4.69) is 15.3 Å². The van der Waals surface area contributed by atoms with E-state index in [-0.39, 0.29) is 17.5 Å². The number of hydrogen-bond acceptors (Lipinski definition) is 7. The summed E-state index contributed by atoms with van der Waals surface area (Å²) in [6.07, 6.45) is 0. The van der Waals surface area contributed by atoms with Crippen LogP contribution in [0.1, 0.15) is 23.1 Å². The Balaban J connectivity index is 1.79. The monoisotopic (exact) mass is 399 g/mol. The molecule has 2 amide bonds. The second kappa shape index (κ2) is 8.76. The molecule has 1 saturated heterocycles. The molecule has 1 N–H and O–H groups in total. The average molecular weight is 399 g/mol. The molecule has 1 aromatic heterocycles. The zero-order valence-electron chi connectivity index (χ0n) is 17.1. The zero-order chi connectivity index (χ0) is 21.0. The molecule has 9 nitrogen and oxygen atoms in total. The van der Waals surface area contributed by atoms with Gasteiger partial charge in [0.1, 0.15) is 17.2 Å². The summed E-state index contributed by atoms with van der Waals surface area (Å²) < 4.78 is 10.5. The number of aryl methyl sites for hydroxylation is 1. The fourth-order valence-electron chi connectivity index (χ4n) is 3.13. The SMILES string of the molecule is COc1ccc(OC)c(NC(=O)c2cc(C)nc(N3CCN(C(C)=O)CC3)n2)c1. The summed E-state index contributed by atoms with van der Waals surface area (Å²) >= 11 is 0. The normalized spacial score (nSPS) is 13.8. The van der Waals surface area contributed by atoms with Gasteiger partial charge in [0.2, 0.25) is 11.9 Å². The number of carbonyl (C=O) groups is 2. The second-order valence-corrected chi connectivity index (χ2v) is 6.71. The first kappa shape index (κ1) is 20.4. The lowest BCUT2D eigenvalue weighted by Gasteiger charge is -2.34. The summed E-state index contributed by atoms with van der Waals surface area (Å²) in [7, 11) is 3.09. The van der Waals surface area contributed by atoms with E-state index in [0.717, 1.165) is 0 Å². The molecule has 0 atom stereocenters. The summed E-state index contributed by atoms with van der Waals surface area (Å²) in [6, 6.07) is 6.80. The smallest absolute Gasteiger partial charge is 0.274 e. The Labute approximate surface area is 169 Å². The average Bonchev–Trinajstić information content (AvgIpc) is 2.73. The number of amides is 2. The first-order valence-electron chi connectivity index (χ1n) is 9.30. The molecule has 29 heavy (non-hydrogen) atoms. The second-order valence-electron chi connectivity index (χ2n) is 6.71. The van der Waals surface area contributed by atoms with Gasteiger partial charge in [-0.2, -0.15) is 0 Å². The summed E-state index contributed by atoms with van der Waals surface area (Å²) in [5, 5.41) is 2.83. The molecule has 0 unspecified atom stereocenters. The van der Waals surface area contributed by atoms with E-state index in [4.69, 9.17) is 9.47 Å². The fraction of sp³-hybridized carbons (Fsp3) is 0.400. The number of ether oxygens (including phenoxy) is 2. The van der Waals surface area contributed by atoms with Crippen LogP contribution in [0, 0.1) is 6.92 Å². The van der Waals surface area contributed by atoms with Crippen molar-refractivity contribution >= 4 is 23.5 Å². The minimum atomic E-state index is -0.370. The number of piperazine rings is 1. The van der Waals surface area contributed by atoms with Gasteiger partial charge in [0, 0.05) is 44.9 Å². The number of methoxy groups -OCH3 is 2. The predicted molar refractivity (Wildman–Crippen MR) is 109 cm³/mol. The van der Waals surface area contributed by atoms with Crippen molar-refractivity contribution in [1.29, 1.82) is 0 Å². The topological polar surface area (TPSA) is 96.9 Å². The zero-order valence-corrected chi connectivity index (χ0v) is 17.1. The van der Waals surface area contributed by atoms with Crippen LogP contribution in [-0.4, -0.2) is 67.1 Å². The van der Waals surface area contributed by atoms with Crippen LogP contribution in [0.4, 0.5) is 11.6 Å². The van der Waals surface area contributed by atoms with Crippen LogP contribution < -0.4 is 19.7 Å². The number of nitrogens with zero attached hydrogens (tertiary/aromatic N) is 4. The van der Waals surface area contributed by atoms with Crippen LogP contribution in [0.2, 0.25) is 0 Å². The standard InChI is InChI=1S/C20H25N5O4/c1-13-11-17(19(27)22-16-12-15(28-3)5-6-18(16)29-4)23-20(21-13)25-9-7-24(8-10-25)14(2)26/h5-6,11-12H,7-10H2,1-4H3,(H,22,27). The first-order chi connectivity index (χ1) is 13.9. The van der Waals surface area contributed by atoms with Gasteiger partial charge in [-0.25, -0.2) is 9.97 Å².